The molecule has 94 valence electrons. The first-order chi connectivity index (χ1) is 8.66. The fourth-order valence-corrected chi connectivity index (χ4v) is 2.27. The number of nitrogen functional groups attached to an aromatic ring is 1. The van der Waals surface area contributed by atoms with Crippen molar-refractivity contribution in [1.29, 1.82) is 0 Å². The Morgan fingerprint density at radius 3 is 2.94 bits per heavy atom. The molecular formula is C13H17N5. The van der Waals surface area contributed by atoms with Crippen LogP contribution in [0.25, 0.3) is 11.4 Å². The van der Waals surface area contributed by atoms with E-state index >= 15 is 0 Å². The van der Waals surface area contributed by atoms with Gasteiger partial charge in [0.2, 0.25) is 0 Å². The number of hydrogen-bond acceptors (Lipinski definition) is 4. The van der Waals surface area contributed by atoms with Gasteiger partial charge in [-0.25, -0.2) is 4.68 Å². The summed E-state index contributed by atoms with van der Waals surface area (Å²) in [4.78, 5) is 0. The highest BCUT2D eigenvalue weighted by Gasteiger charge is 2.33. The summed E-state index contributed by atoms with van der Waals surface area (Å²) in [7, 11) is 0. The largest absolute Gasteiger partial charge is 0.398 e. The first-order valence-electron chi connectivity index (χ1n) is 6.28. The van der Waals surface area contributed by atoms with Crippen molar-refractivity contribution >= 4 is 5.69 Å². The van der Waals surface area contributed by atoms with Gasteiger partial charge < -0.3 is 5.73 Å². The molecule has 0 saturated heterocycles. The Labute approximate surface area is 106 Å². The average Bonchev–Trinajstić information content (AvgIpc) is 2.86. The second-order valence-electron chi connectivity index (χ2n) is 5.19. The van der Waals surface area contributed by atoms with Gasteiger partial charge in [-0.05, 0) is 47.2 Å². The van der Waals surface area contributed by atoms with Gasteiger partial charge in [0, 0.05) is 17.8 Å². The average molecular weight is 243 g/mol. The van der Waals surface area contributed by atoms with Gasteiger partial charge in [0.25, 0.3) is 0 Å². The molecular weight excluding hydrogens is 226 g/mol. The molecule has 2 atom stereocenters. The van der Waals surface area contributed by atoms with Crippen LogP contribution in [0.3, 0.4) is 0 Å². The van der Waals surface area contributed by atoms with Crippen LogP contribution in [0.1, 0.15) is 18.9 Å². The summed E-state index contributed by atoms with van der Waals surface area (Å²) >= 11 is 0. The highest BCUT2D eigenvalue weighted by atomic mass is 15.5. The predicted molar refractivity (Wildman–Crippen MR) is 69.7 cm³/mol. The predicted octanol–water partition coefficient (Wildman–Crippen LogP) is 1.89. The van der Waals surface area contributed by atoms with Gasteiger partial charge in [-0.15, -0.1) is 5.10 Å². The number of hydrogen-bond donors (Lipinski definition) is 1. The Morgan fingerprint density at radius 2 is 2.22 bits per heavy atom. The molecule has 1 fully saturated rings. The van der Waals surface area contributed by atoms with Crippen molar-refractivity contribution in [2.45, 2.75) is 26.8 Å². The van der Waals surface area contributed by atoms with E-state index in [9.17, 15) is 0 Å². The highest BCUT2D eigenvalue weighted by Crippen LogP contribution is 2.39. The van der Waals surface area contributed by atoms with Crippen LogP contribution < -0.4 is 5.73 Å². The van der Waals surface area contributed by atoms with Crippen molar-refractivity contribution in [2.75, 3.05) is 5.73 Å². The molecule has 0 aliphatic heterocycles. The number of nitrogens with two attached hydrogens (primary N) is 1. The molecule has 1 aliphatic carbocycles. The van der Waals surface area contributed by atoms with Crippen LogP contribution >= 0.6 is 0 Å². The third-order valence-corrected chi connectivity index (χ3v) is 3.78. The Morgan fingerprint density at radius 1 is 1.44 bits per heavy atom. The molecule has 1 aliphatic rings. The maximum atomic E-state index is 6.11. The van der Waals surface area contributed by atoms with E-state index in [1.165, 1.54) is 6.42 Å². The molecule has 0 amide bonds. The normalized spacial score (nSPS) is 22.1. The molecule has 1 saturated carbocycles. The first kappa shape index (κ1) is 11.2. The standard InChI is InChI=1S/C13H17N5/c1-8-4-3-5-11(12(8)14)13-15-16-17-18(13)7-10-6-9(10)2/h3-5,9-10H,6-7,14H2,1-2H3. The molecule has 18 heavy (non-hydrogen) atoms. The van der Waals surface area contributed by atoms with Gasteiger partial charge >= 0.3 is 0 Å². The molecule has 1 aromatic heterocycles. The third kappa shape index (κ3) is 1.85. The van der Waals surface area contributed by atoms with Crippen molar-refractivity contribution in [3.63, 3.8) is 0 Å². The van der Waals surface area contributed by atoms with E-state index in [1.807, 2.05) is 29.8 Å². The molecule has 5 nitrogen and oxygen atoms in total. The van der Waals surface area contributed by atoms with E-state index in [-0.39, 0.29) is 0 Å². The summed E-state index contributed by atoms with van der Waals surface area (Å²) in [5, 5.41) is 12.0. The molecule has 2 unspecified atom stereocenters. The van der Waals surface area contributed by atoms with E-state index in [0.29, 0.717) is 5.92 Å². The van der Waals surface area contributed by atoms with E-state index in [2.05, 4.69) is 22.4 Å². The molecule has 5 heteroatoms. The Bertz CT molecular complexity index is 575. The zero-order valence-corrected chi connectivity index (χ0v) is 10.7. The quantitative estimate of drug-likeness (QED) is 0.836. The number of nitrogens with zero attached hydrogens (tertiary/aromatic N) is 4. The number of tetrazole rings is 1. The molecule has 2 aromatic rings. The maximum Gasteiger partial charge on any atom is 0.184 e. The lowest BCUT2D eigenvalue weighted by molar-refractivity contribution is 0.528. The van der Waals surface area contributed by atoms with Crippen LogP contribution in [-0.2, 0) is 6.54 Å². The summed E-state index contributed by atoms with van der Waals surface area (Å²) in [6.45, 7) is 5.14. The molecule has 1 aromatic carbocycles. The molecule has 1 heterocycles. The topological polar surface area (TPSA) is 69.6 Å². The van der Waals surface area contributed by atoms with Crippen molar-refractivity contribution in [2.24, 2.45) is 11.8 Å². The van der Waals surface area contributed by atoms with E-state index < -0.39 is 0 Å². The zero-order valence-electron chi connectivity index (χ0n) is 10.7. The van der Waals surface area contributed by atoms with Crippen LogP contribution in [0.4, 0.5) is 5.69 Å². The first-order valence-corrected chi connectivity index (χ1v) is 6.28. The molecule has 3 rings (SSSR count). The number of aryl methyl sites for hydroxylation is 1. The van der Waals surface area contributed by atoms with E-state index in [0.717, 1.165) is 35.1 Å². The van der Waals surface area contributed by atoms with E-state index in [4.69, 9.17) is 5.73 Å². The lowest BCUT2D eigenvalue weighted by Crippen LogP contribution is -2.06. The fourth-order valence-electron chi connectivity index (χ4n) is 2.27. The highest BCUT2D eigenvalue weighted by molar-refractivity contribution is 5.73. The molecule has 0 radical (unpaired) electrons. The molecule has 0 bridgehead atoms. The summed E-state index contributed by atoms with van der Waals surface area (Å²) in [6.07, 6.45) is 1.27. The van der Waals surface area contributed by atoms with Crippen molar-refractivity contribution in [1.82, 2.24) is 20.2 Å². The van der Waals surface area contributed by atoms with E-state index in [1.54, 1.807) is 0 Å². The maximum absolute atomic E-state index is 6.11. The van der Waals surface area contributed by atoms with Gasteiger partial charge in [0.05, 0.1) is 0 Å². The van der Waals surface area contributed by atoms with Crippen LogP contribution in [0.15, 0.2) is 18.2 Å². The van der Waals surface area contributed by atoms with Crippen LogP contribution in [0.5, 0.6) is 0 Å². The van der Waals surface area contributed by atoms with Crippen molar-refractivity contribution < 1.29 is 0 Å². The Balaban J connectivity index is 1.96. The Hall–Kier alpha value is -1.91. The fraction of sp³-hybridized carbons (Fsp3) is 0.462. The minimum Gasteiger partial charge on any atom is -0.398 e. The molecule has 2 N–H and O–H groups in total. The summed E-state index contributed by atoms with van der Waals surface area (Å²) < 4.78 is 1.87. The molecule has 0 spiro atoms. The number of aromatic nitrogens is 4. The summed E-state index contributed by atoms with van der Waals surface area (Å²) in [6, 6.07) is 5.95. The number of rotatable bonds is 3. The number of para-hydroxylation sites is 1. The lowest BCUT2D eigenvalue weighted by atomic mass is 10.1. The van der Waals surface area contributed by atoms with Gasteiger partial charge in [-0.1, -0.05) is 19.1 Å². The van der Waals surface area contributed by atoms with Crippen LogP contribution in [0.2, 0.25) is 0 Å². The minimum absolute atomic E-state index is 0.707. The second kappa shape index (κ2) is 4.08. The Kier molecular flexibility index (Phi) is 2.54. The summed E-state index contributed by atoms with van der Waals surface area (Å²) in [5.41, 5.74) is 8.85. The number of benzene rings is 1. The van der Waals surface area contributed by atoms with Gasteiger partial charge in [-0.3, -0.25) is 0 Å². The van der Waals surface area contributed by atoms with Crippen molar-refractivity contribution in [3.8, 4) is 11.4 Å². The third-order valence-electron chi connectivity index (χ3n) is 3.78. The summed E-state index contributed by atoms with van der Waals surface area (Å²) in [5.74, 6) is 2.27. The van der Waals surface area contributed by atoms with Gasteiger partial charge in [0.15, 0.2) is 5.82 Å². The minimum atomic E-state index is 0.707. The smallest absolute Gasteiger partial charge is 0.184 e. The van der Waals surface area contributed by atoms with Crippen LogP contribution in [0, 0.1) is 18.8 Å². The monoisotopic (exact) mass is 243 g/mol. The van der Waals surface area contributed by atoms with Crippen LogP contribution in [-0.4, -0.2) is 20.2 Å². The van der Waals surface area contributed by atoms with Gasteiger partial charge in [0.1, 0.15) is 0 Å². The number of anilines is 1. The van der Waals surface area contributed by atoms with Crippen molar-refractivity contribution in [3.05, 3.63) is 23.8 Å². The SMILES string of the molecule is Cc1cccc(-c2nnnn2CC2CC2C)c1N. The lowest BCUT2D eigenvalue weighted by Gasteiger charge is -2.08. The van der Waals surface area contributed by atoms with Gasteiger partial charge in [-0.2, -0.15) is 0 Å². The zero-order chi connectivity index (χ0) is 12.7. The second-order valence-corrected chi connectivity index (χ2v) is 5.19.